The van der Waals surface area contributed by atoms with Crippen LogP contribution < -0.4 is 14.8 Å². The number of hydrazone groups is 1. The molecule has 0 radical (unpaired) electrons. The number of ether oxygens (including phenoxy) is 2. The molecule has 0 bridgehead atoms. The number of nitrogens with one attached hydrogen (secondary N) is 1. The van der Waals surface area contributed by atoms with E-state index in [1.54, 1.807) is 6.07 Å². The van der Waals surface area contributed by atoms with Gasteiger partial charge in [-0.25, -0.2) is 5.01 Å². The van der Waals surface area contributed by atoms with Gasteiger partial charge in [0.05, 0.1) is 18.2 Å². The zero-order chi connectivity index (χ0) is 21.5. The first-order chi connectivity index (χ1) is 14.4. The van der Waals surface area contributed by atoms with E-state index in [2.05, 4.69) is 10.4 Å². The van der Waals surface area contributed by atoms with E-state index >= 15 is 0 Å². The van der Waals surface area contributed by atoms with Gasteiger partial charge in [0.1, 0.15) is 16.9 Å². The zero-order valence-corrected chi connectivity index (χ0v) is 18.2. The summed E-state index contributed by atoms with van der Waals surface area (Å²) in [6, 6.07) is 14.8. The molecule has 1 atom stereocenters. The molecule has 0 fully saturated rings. The summed E-state index contributed by atoms with van der Waals surface area (Å²) in [5.41, 5.74) is 0.883. The second kappa shape index (κ2) is 10.4. The number of nitrogens with zero attached hydrogens (tertiary/aromatic N) is 2. The Labute approximate surface area is 184 Å². The fourth-order valence-corrected chi connectivity index (χ4v) is 4.03. The molecular weight excluding hydrogens is 426 g/mol. The fourth-order valence-electron chi connectivity index (χ4n) is 2.70. The van der Waals surface area contributed by atoms with Crippen LogP contribution in [0.1, 0.15) is 31.2 Å². The van der Waals surface area contributed by atoms with Crippen LogP contribution in [-0.2, 0) is 9.59 Å². The third-order valence-corrected chi connectivity index (χ3v) is 5.48. The van der Waals surface area contributed by atoms with Crippen LogP contribution in [0.3, 0.4) is 0 Å². The number of thioether (sulfide) groups is 1. The monoisotopic (exact) mass is 447 g/mol. The number of benzene rings is 2. The van der Waals surface area contributed by atoms with Crippen molar-refractivity contribution >= 4 is 40.3 Å². The van der Waals surface area contributed by atoms with E-state index in [0.717, 1.165) is 11.3 Å². The first-order valence-corrected chi connectivity index (χ1v) is 10.6. The van der Waals surface area contributed by atoms with Crippen molar-refractivity contribution in [3.8, 4) is 11.5 Å². The summed E-state index contributed by atoms with van der Waals surface area (Å²) in [5.74, 6) is 0.949. The Morgan fingerprint density at radius 3 is 2.47 bits per heavy atom. The van der Waals surface area contributed by atoms with E-state index in [1.165, 1.54) is 30.6 Å². The van der Waals surface area contributed by atoms with Crippen molar-refractivity contribution < 1.29 is 19.1 Å². The molecule has 0 unspecified atom stereocenters. The van der Waals surface area contributed by atoms with E-state index in [-0.39, 0.29) is 17.2 Å². The minimum Gasteiger partial charge on any atom is -0.493 e. The lowest BCUT2D eigenvalue weighted by Gasteiger charge is -2.19. The standard InChI is InChI=1S/C21H22ClN3O4S/c1-14(26)23-21-24-25(15(2)27)20(30-21)16-8-10-17(11-9-16)28-12-5-13-29-19-7-4-3-6-18(19)22/h3-4,6-11,20H,5,12-13H2,1-2H3,(H,23,24,26)/t20-/m1/s1. The van der Waals surface area contributed by atoms with E-state index in [0.29, 0.717) is 35.6 Å². The zero-order valence-electron chi connectivity index (χ0n) is 16.6. The number of hydrogen-bond donors (Lipinski definition) is 1. The first-order valence-electron chi connectivity index (χ1n) is 9.37. The van der Waals surface area contributed by atoms with E-state index < -0.39 is 0 Å². The lowest BCUT2D eigenvalue weighted by molar-refractivity contribution is -0.129. The number of hydrogen-bond acceptors (Lipinski definition) is 6. The van der Waals surface area contributed by atoms with Gasteiger partial charge in [-0.15, -0.1) is 5.10 Å². The number of amidine groups is 1. The van der Waals surface area contributed by atoms with Gasteiger partial charge in [-0.3, -0.25) is 9.59 Å². The topological polar surface area (TPSA) is 80.2 Å². The lowest BCUT2D eigenvalue weighted by atomic mass is 10.2. The lowest BCUT2D eigenvalue weighted by Crippen LogP contribution is -2.25. The maximum Gasteiger partial charge on any atom is 0.241 e. The minimum absolute atomic E-state index is 0.202. The number of carbonyl (C=O) groups excluding carboxylic acids is 2. The highest BCUT2D eigenvalue weighted by atomic mass is 35.5. The molecule has 7 nitrogen and oxygen atoms in total. The van der Waals surface area contributed by atoms with Gasteiger partial charge in [-0.2, -0.15) is 0 Å². The Bertz CT molecular complexity index is 936. The van der Waals surface area contributed by atoms with Gasteiger partial charge in [-0.1, -0.05) is 47.6 Å². The Hall–Kier alpha value is -2.71. The van der Waals surface area contributed by atoms with Crippen molar-refractivity contribution in [2.75, 3.05) is 13.2 Å². The molecule has 0 spiro atoms. The van der Waals surface area contributed by atoms with Crippen LogP contribution in [0.4, 0.5) is 0 Å². The third-order valence-electron chi connectivity index (χ3n) is 4.07. The van der Waals surface area contributed by atoms with Crippen molar-refractivity contribution in [1.82, 2.24) is 10.3 Å². The first kappa shape index (κ1) is 22.0. The second-order valence-electron chi connectivity index (χ2n) is 6.47. The molecule has 0 aromatic heterocycles. The Balaban J connectivity index is 1.49. The van der Waals surface area contributed by atoms with Crippen LogP contribution >= 0.6 is 23.4 Å². The maximum atomic E-state index is 11.9. The van der Waals surface area contributed by atoms with Crippen molar-refractivity contribution in [3.63, 3.8) is 0 Å². The Morgan fingerprint density at radius 1 is 1.10 bits per heavy atom. The van der Waals surface area contributed by atoms with E-state index in [9.17, 15) is 9.59 Å². The summed E-state index contributed by atoms with van der Waals surface area (Å²) < 4.78 is 11.4. The largest absolute Gasteiger partial charge is 0.493 e. The molecule has 2 amide bonds. The molecule has 1 heterocycles. The molecule has 1 aliphatic heterocycles. The summed E-state index contributed by atoms with van der Waals surface area (Å²) in [6.45, 7) is 3.84. The Kier molecular flexibility index (Phi) is 7.59. The minimum atomic E-state index is -0.331. The summed E-state index contributed by atoms with van der Waals surface area (Å²) in [7, 11) is 0. The molecule has 9 heteroatoms. The van der Waals surface area contributed by atoms with Crippen LogP contribution in [0.15, 0.2) is 53.6 Å². The SMILES string of the molecule is CC(=O)NC1=NN(C(C)=O)[C@@H](c2ccc(OCCCOc3ccccc3Cl)cc2)S1. The predicted octanol–water partition coefficient (Wildman–Crippen LogP) is 4.19. The van der Waals surface area contributed by atoms with Crippen LogP contribution in [0, 0.1) is 0 Å². The average Bonchev–Trinajstić information content (AvgIpc) is 3.13. The van der Waals surface area contributed by atoms with Crippen molar-refractivity contribution in [1.29, 1.82) is 0 Å². The normalized spacial score (nSPS) is 15.5. The van der Waals surface area contributed by atoms with Crippen molar-refractivity contribution in [3.05, 3.63) is 59.1 Å². The van der Waals surface area contributed by atoms with Crippen LogP contribution in [0.5, 0.6) is 11.5 Å². The van der Waals surface area contributed by atoms with Gasteiger partial charge in [0.25, 0.3) is 0 Å². The quantitative estimate of drug-likeness (QED) is 0.644. The number of halogens is 1. The summed E-state index contributed by atoms with van der Waals surface area (Å²) in [4.78, 5) is 23.2. The smallest absolute Gasteiger partial charge is 0.241 e. The molecule has 2 aromatic rings. The number of carbonyl (C=O) groups is 2. The van der Waals surface area contributed by atoms with Gasteiger partial charge in [0.2, 0.25) is 11.8 Å². The summed E-state index contributed by atoms with van der Waals surface area (Å²) >= 11 is 7.37. The van der Waals surface area contributed by atoms with Crippen LogP contribution in [0.25, 0.3) is 0 Å². The van der Waals surface area contributed by atoms with Crippen molar-refractivity contribution in [2.45, 2.75) is 25.6 Å². The van der Waals surface area contributed by atoms with Gasteiger partial charge >= 0.3 is 0 Å². The average molecular weight is 448 g/mol. The van der Waals surface area contributed by atoms with Crippen molar-refractivity contribution in [2.24, 2.45) is 5.10 Å². The number of rotatable bonds is 7. The molecule has 0 saturated carbocycles. The molecule has 158 valence electrons. The molecule has 1 aliphatic rings. The van der Waals surface area contributed by atoms with Gasteiger partial charge in [-0.05, 0) is 29.8 Å². The molecule has 30 heavy (non-hydrogen) atoms. The van der Waals surface area contributed by atoms with Gasteiger partial charge in [0, 0.05) is 20.3 Å². The molecule has 0 saturated heterocycles. The maximum absolute atomic E-state index is 11.9. The molecule has 2 aromatic carbocycles. The van der Waals surface area contributed by atoms with Crippen LogP contribution in [0.2, 0.25) is 5.02 Å². The molecule has 3 rings (SSSR count). The van der Waals surface area contributed by atoms with E-state index in [1.807, 2.05) is 42.5 Å². The summed E-state index contributed by atoms with van der Waals surface area (Å²) in [6.07, 6.45) is 0.706. The third kappa shape index (κ3) is 5.90. The van der Waals surface area contributed by atoms with E-state index in [4.69, 9.17) is 21.1 Å². The van der Waals surface area contributed by atoms with Gasteiger partial charge in [0.15, 0.2) is 5.17 Å². The molecule has 1 N–H and O–H groups in total. The Morgan fingerprint density at radius 2 is 1.80 bits per heavy atom. The second-order valence-corrected chi connectivity index (χ2v) is 7.95. The van der Waals surface area contributed by atoms with Gasteiger partial charge < -0.3 is 14.8 Å². The number of amides is 2. The number of para-hydroxylation sites is 1. The predicted molar refractivity (Wildman–Crippen MR) is 118 cm³/mol. The highest BCUT2D eigenvalue weighted by Gasteiger charge is 2.32. The highest BCUT2D eigenvalue weighted by Crippen LogP contribution is 2.39. The fraction of sp³-hybridized carbons (Fsp3) is 0.286. The van der Waals surface area contributed by atoms with Crippen LogP contribution in [-0.4, -0.2) is 35.2 Å². The molecular formula is C21H22ClN3O4S. The highest BCUT2D eigenvalue weighted by molar-refractivity contribution is 8.14. The molecule has 0 aliphatic carbocycles. The summed E-state index contributed by atoms with van der Waals surface area (Å²) in [5, 5.41) is 8.83.